The molecule has 4 heteroatoms. The first-order chi connectivity index (χ1) is 8.12. The highest BCUT2D eigenvalue weighted by molar-refractivity contribution is 5.93. The van der Waals surface area contributed by atoms with Gasteiger partial charge in [-0.15, -0.1) is 0 Å². The van der Waals surface area contributed by atoms with Crippen LogP contribution in [0.2, 0.25) is 0 Å². The highest BCUT2D eigenvalue weighted by atomic mass is 16.5. The van der Waals surface area contributed by atoms with E-state index in [1.54, 1.807) is 26.4 Å². The number of rotatable bonds is 5. The summed E-state index contributed by atoms with van der Waals surface area (Å²) in [5, 5.41) is 8.95. The molecule has 17 heavy (non-hydrogen) atoms. The summed E-state index contributed by atoms with van der Waals surface area (Å²) in [6.07, 6.45) is 1.21. The van der Waals surface area contributed by atoms with E-state index in [4.69, 9.17) is 14.6 Å². The monoisotopic (exact) mass is 236 g/mol. The average Bonchev–Trinajstić information content (AvgIpc) is 2.35. The summed E-state index contributed by atoms with van der Waals surface area (Å²) in [5.74, 6) is 1.08. The van der Waals surface area contributed by atoms with Crippen molar-refractivity contribution >= 4 is 5.78 Å². The fourth-order valence-electron chi connectivity index (χ4n) is 1.47. The van der Waals surface area contributed by atoms with Crippen LogP contribution in [0.5, 0.6) is 11.5 Å². The molecule has 0 unspecified atom stereocenters. The van der Waals surface area contributed by atoms with Crippen LogP contribution in [0.4, 0.5) is 0 Å². The van der Waals surface area contributed by atoms with Crippen LogP contribution in [-0.4, -0.2) is 25.1 Å². The highest BCUT2D eigenvalue weighted by Crippen LogP contribution is 2.28. The number of methoxy groups -OCH3 is 2. The van der Waals surface area contributed by atoms with Crippen LogP contribution >= 0.6 is 0 Å². The molecular formula is C13H16O4. The van der Waals surface area contributed by atoms with Gasteiger partial charge in [-0.25, -0.2) is 0 Å². The Balaban J connectivity index is 2.97. The first-order valence-electron chi connectivity index (χ1n) is 5.17. The second kappa shape index (κ2) is 5.94. The first-order valence-corrected chi connectivity index (χ1v) is 5.17. The van der Waals surface area contributed by atoms with Crippen LogP contribution in [0.1, 0.15) is 12.5 Å². The summed E-state index contributed by atoms with van der Waals surface area (Å²) in [5.41, 5.74) is 1.23. The van der Waals surface area contributed by atoms with Crippen molar-refractivity contribution < 1.29 is 19.4 Å². The molecule has 0 aromatic heterocycles. The Hall–Kier alpha value is -1.97. The molecule has 4 nitrogen and oxygen atoms in total. The summed E-state index contributed by atoms with van der Waals surface area (Å²) < 4.78 is 10.3. The molecule has 0 amide bonds. The molecule has 92 valence electrons. The van der Waals surface area contributed by atoms with Crippen LogP contribution in [0.25, 0.3) is 0 Å². The number of aliphatic hydroxyl groups excluding tert-OH is 1. The molecule has 1 aromatic rings. The molecule has 1 N–H and O–H groups in total. The van der Waals surface area contributed by atoms with Crippen molar-refractivity contribution in [3.63, 3.8) is 0 Å². The van der Waals surface area contributed by atoms with E-state index < -0.39 is 0 Å². The number of carbonyl (C=O) groups is 1. The van der Waals surface area contributed by atoms with Crippen LogP contribution in [0.3, 0.4) is 0 Å². The van der Waals surface area contributed by atoms with Crippen LogP contribution in [0.15, 0.2) is 30.0 Å². The molecule has 0 aliphatic carbocycles. The lowest BCUT2D eigenvalue weighted by atomic mass is 10.0. The van der Waals surface area contributed by atoms with Crippen LogP contribution < -0.4 is 9.47 Å². The van der Waals surface area contributed by atoms with Crippen molar-refractivity contribution in [1.29, 1.82) is 0 Å². The number of hydrogen-bond donors (Lipinski definition) is 1. The summed E-state index contributed by atoms with van der Waals surface area (Å²) in [6.45, 7) is 1.42. The van der Waals surface area contributed by atoms with Gasteiger partial charge in [0, 0.05) is 12.0 Å². The largest absolute Gasteiger partial charge is 0.515 e. The lowest BCUT2D eigenvalue weighted by Crippen LogP contribution is -2.01. The van der Waals surface area contributed by atoms with Crippen molar-refractivity contribution in [2.45, 2.75) is 13.3 Å². The minimum Gasteiger partial charge on any atom is -0.515 e. The Kier molecular flexibility index (Phi) is 4.57. The van der Waals surface area contributed by atoms with Gasteiger partial charge >= 0.3 is 0 Å². The Labute approximate surface area is 100 Å². The predicted molar refractivity (Wildman–Crippen MR) is 64.6 cm³/mol. The molecule has 0 heterocycles. The molecule has 0 atom stereocenters. The number of benzene rings is 1. The number of allylic oxidation sites excluding steroid dienone is 1. The van der Waals surface area contributed by atoms with Crippen molar-refractivity contribution in [1.82, 2.24) is 0 Å². The smallest absolute Gasteiger partial charge is 0.160 e. The summed E-state index contributed by atoms with van der Waals surface area (Å²) in [4.78, 5) is 11.2. The molecule has 0 radical (unpaired) electrons. The number of hydrogen-bond acceptors (Lipinski definition) is 4. The third-order valence-corrected chi connectivity index (χ3v) is 2.45. The summed E-state index contributed by atoms with van der Waals surface area (Å²) in [7, 11) is 3.11. The molecule has 0 saturated carbocycles. The van der Waals surface area contributed by atoms with Crippen molar-refractivity contribution in [2.24, 2.45) is 0 Å². The highest BCUT2D eigenvalue weighted by Gasteiger charge is 2.09. The van der Waals surface area contributed by atoms with Gasteiger partial charge in [-0.2, -0.15) is 0 Å². The minimum atomic E-state index is -0.151. The molecule has 1 aromatic carbocycles. The van der Waals surface area contributed by atoms with Gasteiger partial charge in [0.25, 0.3) is 0 Å². The van der Waals surface area contributed by atoms with E-state index in [0.29, 0.717) is 23.5 Å². The zero-order valence-corrected chi connectivity index (χ0v) is 10.2. The normalized spacial score (nSPS) is 11.1. The second-order valence-corrected chi connectivity index (χ2v) is 3.58. The number of ether oxygens (including phenoxy) is 2. The van der Waals surface area contributed by atoms with E-state index in [9.17, 15) is 4.79 Å². The lowest BCUT2D eigenvalue weighted by Gasteiger charge is -2.09. The molecule has 0 bridgehead atoms. The van der Waals surface area contributed by atoms with Crippen molar-refractivity contribution in [3.05, 3.63) is 35.6 Å². The van der Waals surface area contributed by atoms with Gasteiger partial charge < -0.3 is 14.6 Å². The molecule has 0 fully saturated rings. The number of Topliss-reactive ketones (excluding diaryl/α,β-unsaturated/α-hetero) is 1. The van der Waals surface area contributed by atoms with Gasteiger partial charge in [-0.05, 0) is 24.6 Å². The van der Waals surface area contributed by atoms with Gasteiger partial charge in [0.05, 0.1) is 20.5 Å². The van der Waals surface area contributed by atoms with Gasteiger partial charge in [0.1, 0.15) is 0 Å². The molecule has 1 rings (SSSR count). The van der Waals surface area contributed by atoms with Crippen LogP contribution in [0, 0.1) is 0 Å². The summed E-state index contributed by atoms with van der Waals surface area (Å²) in [6, 6.07) is 5.38. The zero-order chi connectivity index (χ0) is 12.8. The SMILES string of the molecule is COc1ccc(C/C(=C/O)C(C)=O)cc1OC. The standard InChI is InChI=1S/C13H16O4/c1-9(15)11(8-14)6-10-4-5-12(16-2)13(7-10)17-3/h4-5,7-8,14H,6H2,1-3H3/b11-8-. The minimum absolute atomic E-state index is 0.151. The molecule has 0 spiro atoms. The second-order valence-electron chi connectivity index (χ2n) is 3.58. The number of carbonyl (C=O) groups excluding carboxylic acids is 1. The maximum absolute atomic E-state index is 11.2. The Bertz CT molecular complexity index is 435. The fraction of sp³-hybridized carbons (Fsp3) is 0.308. The maximum Gasteiger partial charge on any atom is 0.160 e. The fourth-order valence-corrected chi connectivity index (χ4v) is 1.47. The zero-order valence-electron chi connectivity index (χ0n) is 10.2. The third kappa shape index (κ3) is 3.24. The Morgan fingerprint density at radius 2 is 1.94 bits per heavy atom. The average molecular weight is 236 g/mol. The van der Waals surface area contributed by atoms with E-state index in [1.807, 2.05) is 6.07 Å². The molecule has 0 saturated heterocycles. The Morgan fingerprint density at radius 1 is 1.29 bits per heavy atom. The first kappa shape index (κ1) is 13.1. The van der Waals surface area contributed by atoms with Gasteiger partial charge in [-0.1, -0.05) is 6.07 Å². The summed E-state index contributed by atoms with van der Waals surface area (Å²) >= 11 is 0. The van der Waals surface area contributed by atoms with Crippen LogP contribution in [-0.2, 0) is 11.2 Å². The topological polar surface area (TPSA) is 55.8 Å². The van der Waals surface area contributed by atoms with Crippen molar-refractivity contribution in [2.75, 3.05) is 14.2 Å². The molecular weight excluding hydrogens is 220 g/mol. The van der Waals surface area contributed by atoms with E-state index in [0.717, 1.165) is 11.8 Å². The number of ketones is 1. The molecule has 0 aliphatic heterocycles. The lowest BCUT2D eigenvalue weighted by molar-refractivity contribution is -0.113. The van der Waals surface area contributed by atoms with E-state index in [2.05, 4.69) is 0 Å². The predicted octanol–water partition coefficient (Wildman–Crippen LogP) is 2.28. The van der Waals surface area contributed by atoms with E-state index >= 15 is 0 Å². The van der Waals surface area contributed by atoms with E-state index in [-0.39, 0.29) is 5.78 Å². The van der Waals surface area contributed by atoms with Crippen molar-refractivity contribution in [3.8, 4) is 11.5 Å². The maximum atomic E-state index is 11.2. The van der Waals surface area contributed by atoms with Gasteiger partial charge in [0.15, 0.2) is 17.3 Å². The van der Waals surface area contributed by atoms with E-state index in [1.165, 1.54) is 6.92 Å². The van der Waals surface area contributed by atoms with Gasteiger partial charge in [-0.3, -0.25) is 4.79 Å². The number of aliphatic hydroxyl groups is 1. The molecule has 0 aliphatic rings. The Morgan fingerprint density at radius 3 is 2.41 bits per heavy atom. The third-order valence-electron chi connectivity index (χ3n) is 2.45. The van der Waals surface area contributed by atoms with Gasteiger partial charge in [0.2, 0.25) is 0 Å². The quantitative estimate of drug-likeness (QED) is 0.629.